The Balaban J connectivity index is 2.34. The predicted molar refractivity (Wildman–Crippen MR) is 86.8 cm³/mol. The summed E-state index contributed by atoms with van der Waals surface area (Å²) in [5, 5.41) is 0. The second-order valence-corrected chi connectivity index (χ2v) is 8.20. The van der Waals surface area contributed by atoms with Crippen LogP contribution in [0.1, 0.15) is 26.7 Å². The van der Waals surface area contributed by atoms with Crippen LogP contribution in [0.5, 0.6) is 5.75 Å². The van der Waals surface area contributed by atoms with Crippen LogP contribution in [0.4, 0.5) is 5.69 Å². The maximum atomic E-state index is 12.6. The molecule has 7 heteroatoms. The van der Waals surface area contributed by atoms with Crippen LogP contribution in [0.3, 0.4) is 0 Å². The number of nitrogen functional groups attached to an aromatic ring is 1. The van der Waals surface area contributed by atoms with E-state index in [1.807, 2.05) is 0 Å². The molecule has 0 amide bonds. The van der Waals surface area contributed by atoms with Gasteiger partial charge in [0.05, 0.1) is 7.11 Å². The lowest BCUT2D eigenvalue weighted by molar-refractivity contribution is 0.394. The zero-order valence-electron chi connectivity index (χ0n) is 12.4. The van der Waals surface area contributed by atoms with Gasteiger partial charge < -0.3 is 10.5 Å². The molecule has 5 nitrogen and oxygen atoms in total. The van der Waals surface area contributed by atoms with Crippen LogP contribution in [-0.2, 0) is 10.0 Å². The zero-order valence-corrected chi connectivity index (χ0v) is 14.8. The number of ether oxygens (including phenoxy) is 1. The highest BCUT2D eigenvalue weighted by atomic mass is 79.9. The van der Waals surface area contributed by atoms with Crippen molar-refractivity contribution in [3.63, 3.8) is 0 Å². The van der Waals surface area contributed by atoms with Crippen molar-refractivity contribution in [1.82, 2.24) is 4.72 Å². The molecule has 0 saturated heterocycles. The molecule has 0 heterocycles. The van der Waals surface area contributed by atoms with Crippen molar-refractivity contribution in [1.29, 1.82) is 0 Å². The molecule has 1 aliphatic rings. The molecule has 3 unspecified atom stereocenters. The Morgan fingerprint density at radius 1 is 1.33 bits per heavy atom. The second kappa shape index (κ2) is 6.14. The van der Waals surface area contributed by atoms with Crippen molar-refractivity contribution in [2.24, 2.45) is 11.8 Å². The molecule has 0 radical (unpaired) electrons. The Morgan fingerprint density at radius 3 is 2.52 bits per heavy atom. The van der Waals surface area contributed by atoms with E-state index in [4.69, 9.17) is 10.5 Å². The minimum absolute atomic E-state index is 0.0421. The number of rotatable bonds is 4. The predicted octanol–water partition coefficient (Wildman–Crippen LogP) is 2.75. The first-order chi connectivity index (χ1) is 9.76. The number of nitrogens with one attached hydrogen (secondary N) is 1. The topological polar surface area (TPSA) is 81.4 Å². The van der Waals surface area contributed by atoms with Crippen LogP contribution in [0, 0.1) is 11.8 Å². The summed E-state index contributed by atoms with van der Waals surface area (Å²) >= 11 is 3.27. The summed E-state index contributed by atoms with van der Waals surface area (Å²) in [7, 11) is -2.22. The molecule has 1 fully saturated rings. The van der Waals surface area contributed by atoms with Crippen molar-refractivity contribution in [3.8, 4) is 5.75 Å². The van der Waals surface area contributed by atoms with E-state index in [0.29, 0.717) is 22.0 Å². The van der Waals surface area contributed by atoms with E-state index < -0.39 is 10.0 Å². The van der Waals surface area contributed by atoms with Gasteiger partial charge in [0.1, 0.15) is 10.6 Å². The summed E-state index contributed by atoms with van der Waals surface area (Å²) in [6.45, 7) is 4.23. The summed E-state index contributed by atoms with van der Waals surface area (Å²) in [5.41, 5.74) is 6.17. The molecule has 1 saturated carbocycles. The monoisotopic (exact) mass is 376 g/mol. The minimum atomic E-state index is -3.66. The summed E-state index contributed by atoms with van der Waals surface area (Å²) in [4.78, 5) is 0.0810. The third-order valence-electron chi connectivity index (χ3n) is 4.34. The van der Waals surface area contributed by atoms with Crippen molar-refractivity contribution in [2.75, 3.05) is 12.8 Å². The number of nitrogens with two attached hydrogens (primary N) is 1. The van der Waals surface area contributed by atoms with E-state index in [1.165, 1.54) is 13.2 Å². The molecule has 0 aromatic heterocycles. The minimum Gasteiger partial charge on any atom is -0.495 e. The molecule has 2 rings (SSSR count). The van der Waals surface area contributed by atoms with Gasteiger partial charge in [-0.15, -0.1) is 0 Å². The number of anilines is 1. The zero-order chi connectivity index (χ0) is 15.8. The Morgan fingerprint density at radius 2 is 2.00 bits per heavy atom. The largest absolute Gasteiger partial charge is 0.495 e. The Bertz CT molecular complexity index is 633. The van der Waals surface area contributed by atoms with Crippen LogP contribution < -0.4 is 15.2 Å². The third-order valence-corrected chi connectivity index (χ3v) is 6.54. The van der Waals surface area contributed by atoms with E-state index in [2.05, 4.69) is 34.5 Å². The van der Waals surface area contributed by atoms with Crippen LogP contribution in [0.2, 0.25) is 0 Å². The number of hydrogen-bond acceptors (Lipinski definition) is 4. The maximum Gasteiger partial charge on any atom is 0.244 e. The van der Waals surface area contributed by atoms with Gasteiger partial charge in [0.25, 0.3) is 0 Å². The first kappa shape index (κ1) is 16.6. The molecule has 0 aliphatic heterocycles. The normalized spacial score (nSPS) is 26.0. The van der Waals surface area contributed by atoms with Crippen LogP contribution in [0.15, 0.2) is 21.5 Å². The molecular weight excluding hydrogens is 356 g/mol. The highest BCUT2D eigenvalue weighted by molar-refractivity contribution is 9.10. The van der Waals surface area contributed by atoms with E-state index in [9.17, 15) is 8.42 Å². The summed E-state index contributed by atoms with van der Waals surface area (Å²) in [6.07, 6.45) is 1.89. The van der Waals surface area contributed by atoms with Gasteiger partial charge in [0.2, 0.25) is 10.0 Å². The lowest BCUT2D eigenvalue weighted by Gasteiger charge is -2.20. The summed E-state index contributed by atoms with van der Waals surface area (Å²) in [5.74, 6) is 1.12. The van der Waals surface area contributed by atoms with Crippen LogP contribution >= 0.6 is 15.9 Å². The van der Waals surface area contributed by atoms with Gasteiger partial charge in [-0.2, -0.15) is 0 Å². The van der Waals surface area contributed by atoms with E-state index >= 15 is 0 Å². The molecule has 3 N–H and O–H groups in total. The number of benzene rings is 1. The smallest absolute Gasteiger partial charge is 0.244 e. The second-order valence-electron chi connectivity index (χ2n) is 5.67. The molecule has 1 aromatic carbocycles. The average Bonchev–Trinajstić information content (AvgIpc) is 2.72. The van der Waals surface area contributed by atoms with Gasteiger partial charge in [-0.25, -0.2) is 13.1 Å². The van der Waals surface area contributed by atoms with Gasteiger partial charge in [-0.05, 0) is 52.7 Å². The highest BCUT2D eigenvalue weighted by Gasteiger charge is 2.34. The lowest BCUT2D eigenvalue weighted by atomic mass is 9.98. The summed E-state index contributed by atoms with van der Waals surface area (Å²) < 4.78 is 33.8. The van der Waals surface area contributed by atoms with Crippen molar-refractivity contribution in [3.05, 3.63) is 16.6 Å². The number of halogens is 1. The van der Waals surface area contributed by atoms with Gasteiger partial charge >= 0.3 is 0 Å². The molecule has 21 heavy (non-hydrogen) atoms. The fraction of sp³-hybridized carbons (Fsp3) is 0.571. The number of methoxy groups -OCH3 is 1. The van der Waals surface area contributed by atoms with Crippen LogP contribution in [0.25, 0.3) is 0 Å². The SMILES string of the molecule is COc1cc(Br)c(N)cc1S(=O)(=O)NC1CCC(C)C1C. The van der Waals surface area contributed by atoms with Gasteiger partial charge in [0, 0.05) is 16.2 Å². The van der Waals surface area contributed by atoms with Crippen molar-refractivity contribution < 1.29 is 13.2 Å². The maximum absolute atomic E-state index is 12.6. The Labute approximate surface area is 134 Å². The number of sulfonamides is 1. The fourth-order valence-corrected chi connectivity index (χ4v) is 4.58. The average molecular weight is 377 g/mol. The van der Waals surface area contributed by atoms with Gasteiger partial charge in [0.15, 0.2) is 0 Å². The van der Waals surface area contributed by atoms with Gasteiger partial charge in [-0.1, -0.05) is 13.8 Å². The first-order valence-electron chi connectivity index (χ1n) is 6.91. The van der Waals surface area contributed by atoms with Gasteiger partial charge in [-0.3, -0.25) is 0 Å². The van der Waals surface area contributed by atoms with E-state index in [0.717, 1.165) is 12.8 Å². The third kappa shape index (κ3) is 3.35. The van der Waals surface area contributed by atoms with E-state index in [-0.39, 0.29) is 16.7 Å². The van der Waals surface area contributed by atoms with Crippen LogP contribution in [-0.4, -0.2) is 21.6 Å². The first-order valence-corrected chi connectivity index (χ1v) is 9.19. The Hall–Kier alpha value is -0.790. The van der Waals surface area contributed by atoms with Crippen molar-refractivity contribution in [2.45, 2.75) is 37.6 Å². The lowest BCUT2D eigenvalue weighted by Crippen LogP contribution is -2.37. The molecular formula is C14H21BrN2O3S. The highest BCUT2D eigenvalue weighted by Crippen LogP contribution is 2.35. The molecule has 0 bridgehead atoms. The molecule has 0 spiro atoms. The molecule has 1 aromatic rings. The number of hydrogen-bond donors (Lipinski definition) is 2. The summed E-state index contributed by atoms with van der Waals surface area (Å²) in [6, 6.07) is 2.96. The van der Waals surface area contributed by atoms with Crippen molar-refractivity contribution >= 4 is 31.6 Å². The molecule has 1 aliphatic carbocycles. The molecule has 3 atom stereocenters. The molecule has 118 valence electrons. The fourth-order valence-electron chi connectivity index (χ4n) is 2.71. The van der Waals surface area contributed by atoms with E-state index in [1.54, 1.807) is 6.07 Å². The Kier molecular flexibility index (Phi) is 4.85. The quantitative estimate of drug-likeness (QED) is 0.791. The standard InChI is InChI=1S/C14H21BrN2O3S/c1-8-4-5-12(9(8)2)17-21(18,19)14-7-11(16)10(15)6-13(14)20-3/h6-9,12,17H,4-5,16H2,1-3H3.